The lowest BCUT2D eigenvalue weighted by atomic mass is 10.1. The molecule has 114 valence electrons. The zero-order valence-corrected chi connectivity index (χ0v) is 12.5. The Morgan fingerprint density at radius 3 is 2.78 bits per heavy atom. The first-order valence-electron chi connectivity index (χ1n) is 6.69. The maximum absolute atomic E-state index is 12.1. The van der Waals surface area contributed by atoms with E-state index in [1.54, 1.807) is 36.4 Å². The van der Waals surface area contributed by atoms with Crippen LogP contribution in [0.25, 0.3) is 17.0 Å². The van der Waals surface area contributed by atoms with Crippen molar-refractivity contribution in [3.8, 4) is 0 Å². The van der Waals surface area contributed by atoms with Crippen molar-refractivity contribution in [3.63, 3.8) is 0 Å². The summed E-state index contributed by atoms with van der Waals surface area (Å²) >= 11 is 5.89. The Bertz CT molecular complexity index is 943. The number of carbonyl (C=O) groups is 1. The van der Waals surface area contributed by atoms with Gasteiger partial charge in [-0.1, -0.05) is 29.8 Å². The summed E-state index contributed by atoms with van der Waals surface area (Å²) in [7, 11) is 0. The average Bonchev–Trinajstić information content (AvgIpc) is 2.96. The van der Waals surface area contributed by atoms with Crippen LogP contribution in [0, 0.1) is 10.1 Å². The Kier molecular flexibility index (Phi) is 3.95. The fourth-order valence-corrected chi connectivity index (χ4v) is 2.31. The number of hydrogen-bond donors (Lipinski definition) is 0. The number of non-ortho nitro benzene ring substituents is 1. The van der Waals surface area contributed by atoms with Gasteiger partial charge in [0.1, 0.15) is 5.58 Å². The highest BCUT2D eigenvalue weighted by Crippen LogP contribution is 2.23. The van der Waals surface area contributed by atoms with Gasteiger partial charge in [-0.3, -0.25) is 14.9 Å². The van der Waals surface area contributed by atoms with Gasteiger partial charge in [0, 0.05) is 22.5 Å². The van der Waals surface area contributed by atoms with Gasteiger partial charge in [0.2, 0.25) is 5.78 Å². The smallest absolute Gasteiger partial charge is 0.270 e. The molecule has 0 saturated carbocycles. The molecule has 0 unspecified atom stereocenters. The van der Waals surface area contributed by atoms with Crippen LogP contribution in [0.1, 0.15) is 16.1 Å². The van der Waals surface area contributed by atoms with Gasteiger partial charge in [0.05, 0.1) is 4.92 Å². The molecule has 6 heteroatoms. The lowest BCUT2D eigenvalue weighted by Gasteiger charge is -1.94. The molecule has 0 N–H and O–H groups in total. The number of rotatable bonds is 4. The summed E-state index contributed by atoms with van der Waals surface area (Å²) in [5.74, 6) is -0.146. The van der Waals surface area contributed by atoms with Gasteiger partial charge in [-0.25, -0.2) is 0 Å². The van der Waals surface area contributed by atoms with Crippen LogP contribution in [0.5, 0.6) is 0 Å². The third kappa shape index (κ3) is 3.30. The fraction of sp³-hybridized carbons (Fsp3) is 0. The number of benzene rings is 2. The zero-order valence-electron chi connectivity index (χ0n) is 11.7. The summed E-state index contributed by atoms with van der Waals surface area (Å²) in [6.45, 7) is 0. The van der Waals surface area contributed by atoms with E-state index >= 15 is 0 Å². The van der Waals surface area contributed by atoms with E-state index in [1.165, 1.54) is 24.3 Å². The first-order chi connectivity index (χ1) is 11.0. The number of carbonyl (C=O) groups excluding carboxylic acids is 1. The maximum atomic E-state index is 12.1. The van der Waals surface area contributed by atoms with Crippen LogP contribution in [0.2, 0.25) is 5.02 Å². The van der Waals surface area contributed by atoms with Crippen LogP contribution in [0.4, 0.5) is 5.69 Å². The number of ketones is 1. The summed E-state index contributed by atoms with van der Waals surface area (Å²) in [6, 6.07) is 12.7. The van der Waals surface area contributed by atoms with Crippen molar-refractivity contribution in [2.45, 2.75) is 0 Å². The minimum Gasteiger partial charge on any atom is -0.453 e. The van der Waals surface area contributed by atoms with E-state index in [-0.39, 0.29) is 17.2 Å². The number of nitrogens with zero attached hydrogens (tertiary/aromatic N) is 1. The molecule has 0 saturated heterocycles. The molecule has 3 aromatic rings. The molecule has 23 heavy (non-hydrogen) atoms. The van der Waals surface area contributed by atoms with E-state index in [0.29, 0.717) is 16.2 Å². The third-order valence-corrected chi connectivity index (χ3v) is 3.46. The maximum Gasteiger partial charge on any atom is 0.270 e. The standard InChI is InChI=1S/C17H10ClNO4/c18-13-5-7-16-12(9-13)10-17(23-16)15(20)6-4-11-2-1-3-14(8-11)19(21)22/h1-10H/b6-4+. The van der Waals surface area contributed by atoms with Crippen LogP contribution in [0.3, 0.4) is 0 Å². The zero-order chi connectivity index (χ0) is 16.4. The summed E-state index contributed by atoms with van der Waals surface area (Å²) in [4.78, 5) is 22.4. The Balaban J connectivity index is 1.85. The molecule has 0 spiro atoms. The van der Waals surface area contributed by atoms with Gasteiger partial charge in [-0.2, -0.15) is 0 Å². The quantitative estimate of drug-likeness (QED) is 0.296. The second-order valence-corrected chi connectivity index (χ2v) is 5.28. The van der Waals surface area contributed by atoms with Crippen molar-refractivity contribution >= 4 is 40.1 Å². The highest BCUT2D eigenvalue weighted by molar-refractivity contribution is 6.31. The molecule has 1 aromatic heterocycles. The Labute approximate surface area is 135 Å². The second-order valence-electron chi connectivity index (χ2n) is 4.84. The molecule has 0 fully saturated rings. The van der Waals surface area contributed by atoms with Crippen molar-refractivity contribution in [1.82, 2.24) is 0 Å². The van der Waals surface area contributed by atoms with Gasteiger partial charge >= 0.3 is 0 Å². The van der Waals surface area contributed by atoms with E-state index in [4.69, 9.17) is 16.0 Å². The topological polar surface area (TPSA) is 73.3 Å². The summed E-state index contributed by atoms with van der Waals surface area (Å²) in [5.41, 5.74) is 1.10. The van der Waals surface area contributed by atoms with E-state index < -0.39 is 4.92 Å². The number of allylic oxidation sites excluding steroid dienone is 1. The van der Waals surface area contributed by atoms with Crippen LogP contribution in [0.15, 0.2) is 59.0 Å². The van der Waals surface area contributed by atoms with Crippen molar-refractivity contribution in [1.29, 1.82) is 0 Å². The Morgan fingerprint density at radius 1 is 1.17 bits per heavy atom. The summed E-state index contributed by atoms with van der Waals surface area (Å²) < 4.78 is 5.47. The highest BCUT2D eigenvalue weighted by atomic mass is 35.5. The average molecular weight is 328 g/mol. The largest absolute Gasteiger partial charge is 0.453 e. The third-order valence-electron chi connectivity index (χ3n) is 3.23. The van der Waals surface area contributed by atoms with Crippen molar-refractivity contribution in [2.24, 2.45) is 0 Å². The number of nitro groups is 1. The first-order valence-corrected chi connectivity index (χ1v) is 7.07. The molecule has 0 atom stereocenters. The molecule has 0 radical (unpaired) electrons. The lowest BCUT2D eigenvalue weighted by Crippen LogP contribution is -1.91. The van der Waals surface area contributed by atoms with Crippen LogP contribution in [-0.2, 0) is 0 Å². The molecule has 3 rings (SSSR count). The number of halogens is 1. The van der Waals surface area contributed by atoms with Crippen molar-refractivity contribution < 1.29 is 14.1 Å². The summed E-state index contributed by atoms with van der Waals surface area (Å²) in [6.07, 6.45) is 2.83. The Morgan fingerprint density at radius 2 is 2.00 bits per heavy atom. The van der Waals surface area contributed by atoms with E-state index in [1.807, 2.05) is 0 Å². The highest BCUT2D eigenvalue weighted by Gasteiger charge is 2.10. The molecular weight excluding hydrogens is 318 g/mol. The van der Waals surface area contributed by atoms with Crippen LogP contribution < -0.4 is 0 Å². The fourth-order valence-electron chi connectivity index (χ4n) is 2.13. The molecular formula is C17H10ClNO4. The normalized spacial score (nSPS) is 11.2. The first kappa shape index (κ1) is 15.0. The van der Waals surface area contributed by atoms with Crippen LogP contribution >= 0.6 is 11.6 Å². The number of furan rings is 1. The summed E-state index contributed by atoms with van der Waals surface area (Å²) in [5, 5.41) is 12.0. The van der Waals surface area contributed by atoms with Gasteiger partial charge in [-0.05, 0) is 35.9 Å². The number of hydrogen-bond acceptors (Lipinski definition) is 4. The molecule has 0 amide bonds. The molecule has 5 nitrogen and oxygen atoms in total. The van der Waals surface area contributed by atoms with E-state index in [0.717, 1.165) is 5.39 Å². The predicted octanol–water partition coefficient (Wildman–Crippen LogP) is 4.89. The van der Waals surface area contributed by atoms with Gasteiger partial charge in [0.15, 0.2) is 5.76 Å². The van der Waals surface area contributed by atoms with E-state index in [2.05, 4.69) is 0 Å². The number of fused-ring (bicyclic) bond motifs is 1. The van der Waals surface area contributed by atoms with Crippen LogP contribution in [-0.4, -0.2) is 10.7 Å². The second kappa shape index (κ2) is 6.06. The number of nitro benzene ring substituents is 1. The Hall–Kier alpha value is -2.92. The predicted molar refractivity (Wildman–Crippen MR) is 87.7 cm³/mol. The molecule has 1 heterocycles. The minimum atomic E-state index is -0.484. The van der Waals surface area contributed by atoms with Gasteiger partial charge < -0.3 is 4.42 Å². The molecule has 0 aliphatic heterocycles. The SMILES string of the molecule is O=C(/C=C/c1cccc([N+](=O)[O-])c1)c1cc2cc(Cl)ccc2o1. The van der Waals surface area contributed by atoms with Gasteiger partial charge in [0.25, 0.3) is 5.69 Å². The van der Waals surface area contributed by atoms with Crippen molar-refractivity contribution in [2.75, 3.05) is 0 Å². The molecule has 2 aromatic carbocycles. The molecule has 0 aliphatic rings. The van der Waals surface area contributed by atoms with Gasteiger partial charge in [-0.15, -0.1) is 0 Å². The lowest BCUT2D eigenvalue weighted by molar-refractivity contribution is -0.384. The molecule has 0 bridgehead atoms. The monoisotopic (exact) mass is 327 g/mol. The van der Waals surface area contributed by atoms with Crippen molar-refractivity contribution in [3.05, 3.63) is 81.1 Å². The minimum absolute atomic E-state index is 0.0297. The van der Waals surface area contributed by atoms with E-state index in [9.17, 15) is 14.9 Å². The molecule has 0 aliphatic carbocycles.